The average Bonchev–Trinajstić information content (AvgIpc) is 2.70. The fourth-order valence-electron chi connectivity index (χ4n) is 2.22. The molecule has 1 heterocycles. The van der Waals surface area contributed by atoms with Crippen molar-refractivity contribution in [2.45, 2.75) is 13.5 Å². The van der Waals surface area contributed by atoms with Crippen LogP contribution >= 0.6 is 11.8 Å². The topological polar surface area (TPSA) is 84.2 Å². The Hall–Kier alpha value is -3.05. The van der Waals surface area contributed by atoms with E-state index in [1.807, 2.05) is 37.3 Å². The summed E-state index contributed by atoms with van der Waals surface area (Å²) >= 11 is 1.21. The van der Waals surface area contributed by atoms with E-state index in [-0.39, 0.29) is 25.3 Å². The van der Waals surface area contributed by atoms with Crippen molar-refractivity contribution in [2.75, 3.05) is 19.5 Å². The summed E-state index contributed by atoms with van der Waals surface area (Å²) in [4.78, 5) is 15.8. The molecule has 0 bridgehead atoms. The highest BCUT2D eigenvalue weighted by molar-refractivity contribution is 8.02. The summed E-state index contributed by atoms with van der Waals surface area (Å²) in [5.41, 5.74) is 1.57. The van der Waals surface area contributed by atoms with Gasteiger partial charge >= 0.3 is 5.97 Å². The van der Waals surface area contributed by atoms with Gasteiger partial charge in [-0.05, 0) is 36.4 Å². The third-order valence-corrected chi connectivity index (χ3v) is 4.41. The minimum Gasteiger partial charge on any atom is -0.490 e. The van der Waals surface area contributed by atoms with Gasteiger partial charge < -0.3 is 14.8 Å². The molecule has 0 atom stereocenters. The van der Waals surface area contributed by atoms with Crippen LogP contribution in [0, 0.1) is 24.2 Å². The molecule has 0 aliphatic heterocycles. The largest absolute Gasteiger partial charge is 0.490 e. The molecule has 0 radical (unpaired) electrons. The maximum atomic E-state index is 12.9. The Balaban J connectivity index is 1.90. The Kier molecular flexibility index (Phi) is 8.31. The molecule has 1 aromatic carbocycles. The lowest BCUT2D eigenvalue weighted by Gasteiger charge is -2.12. The SMILES string of the molecule is CS/C(NCc1ccc(F)nc1)=C(\C#N)C(=O)OCCOc1ccccc1C. The van der Waals surface area contributed by atoms with E-state index in [4.69, 9.17) is 9.47 Å². The minimum absolute atomic E-state index is 0.0158. The number of nitrogens with zero attached hydrogens (tertiary/aromatic N) is 2. The van der Waals surface area contributed by atoms with Gasteiger partial charge in [-0.3, -0.25) is 0 Å². The van der Waals surface area contributed by atoms with Crippen molar-refractivity contribution in [3.05, 3.63) is 70.3 Å². The highest BCUT2D eigenvalue weighted by Crippen LogP contribution is 2.17. The number of ether oxygens (including phenoxy) is 2. The number of aromatic nitrogens is 1. The molecule has 0 saturated carbocycles. The van der Waals surface area contributed by atoms with Gasteiger partial charge in [0.05, 0.1) is 5.03 Å². The molecular formula is C20H20FN3O3S. The number of aryl methyl sites for hydroxylation is 1. The Morgan fingerprint density at radius 3 is 2.71 bits per heavy atom. The van der Waals surface area contributed by atoms with Crippen LogP contribution in [0.1, 0.15) is 11.1 Å². The lowest BCUT2D eigenvalue weighted by Crippen LogP contribution is -2.19. The molecule has 0 unspecified atom stereocenters. The van der Waals surface area contributed by atoms with Crippen molar-refractivity contribution in [1.29, 1.82) is 5.26 Å². The number of hydrogen-bond donors (Lipinski definition) is 1. The highest BCUT2D eigenvalue weighted by atomic mass is 32.2. The third kappa shape index (κ3) is 6.28. The van der Waals surface area contributed by atoms with Gasteiger partial charge in [-0.1, -0.05) is 24.3 Å². The van der Waals surface area contributed by atoms with Gasteiger partial charge in [0.25, 0.3) is 0 Å². The number of nitriles is 1. The second kappa shape index (κ2) is 10.9. The maximum Gasteiger partial charge on any atom is 0.351 e. The Labute approximate surface area is 167 Å². The molecule has 0 aliphatic carbocycles. The fraction of sp³-hybridized carbons (Fsp3) is 0.250. The number of esters is 1. The van der Waals surface area contributed by atoms with E-state index in [1.165, 1.54) is 24.0 Å². The molecule has 2 aromatic rings. The summed E-state index contributed by atoms with van der Waals surface area (Å²) in [5, 5.41) is 12.7. The Morgan fingerprint density at radius 1 is 1.29 bits per heavy atom. The zero-order chi connectivity index (χ0) is 20.4. The van der Waals surface area contributed by atoms with E-state index in [2.05, 4.69) is 10.3 Å². The van der Waals surface area contributed by atoms with Gasteiger partial charge in [-0.2, -0.15) is 9.65 Å². The van der Waals surface area contributed by atoms with Crippen LogP contribution in [0.3, 0.4) is 0 Å². The summed E-state index contributed by atoms with van der Waals surface area (Å²) in [6.45, 7) is 2.41. The first-order chi connectivity index (χ1) is 13.5. The van der Waals surface area contributed by atoms with Crippen LogP contribution in [0.4, 0.5) is 4.39 Å². The third-order valence-electron chi connectivity index (χ3n) is 3.66. The van der Waals surface area contributed by atoms with Crippen LogP contribution in [0.2, 0.25) is 0 Å². The van der Waals surface area contributed by atoms with Crippen molar-refractivity contribution in [3.63, 3.8) is 0 Å². The van der Waals surface area contributed by atoms with Gasteiger partial charge in [0.2, 0.25) is 5.95 Å². The number of benzene rings is 1. The first kappa shape index (κ1) is 21.3. The molecule has 2 rings (SSSR count). The number of thioether (sulfide) groups is 1. The standard InChI is InChI=1S/C20H20FN3O3S/c1-14-5-3-4-6-17(14)26-9-10-27-20(25)16(11-22)19(28-2)24-13-15-7-8-18(21)23-12-15/h3-8,12,24H,9-10,13H2,1-2H3/b19-16+. The molecule has 1 aromatic heterocycles. The van der Waals surface area contributed by atoms with Crippen molar-refractivity contribution >= 4 is 17.7 Å². The smallest absolute Gasteiger partial charge is 0.351 e. The van der Waals surface area contributed by atoms with Gasteiger partial charge in [0.1, 0.15) is 25.0 Å². The van der Waals surface area contributed by atoms with Crippen LogP contribution in [0.15, 0.2) is 53.2 Å². The van der Waals surface area contributed by atoms with Crippen LogP contribution in [-0.2, 0) is 16.1 Å². The molecule has 8 heteroatoms. The van der Waals surface area contributed by atoms with E-state index in [0.717, 1.165) is 5.56 Å². The number of nitrogens with one attached hydrogen (secondary N) is 1. The predicted molar refractivity (Wildman–Crippen MR) is 105 cm³/mol. The first-order valence-corrected chi connectivity index (χ1v) is 9.66. The molecule has 0 saturated heterocycles. The molecule has 1 N–H and O–H groups in total. The van der Waals surface area contributed by atoms with Gasteiger partial charge in [0.15, 0.2) is 5.57 Å². The quantitative estimate of drug-likeness (QED) is 0.227. The maximum absolute atomic E-state index is 12.9. The second-order valence-electron chi connectivity index (χ2n) is 5.61. The molecule has 0 amide bonds. The van der Waals surface area contributed by atoms with Crippen molar-refractivity contribution < 1.29 is 18.7 Å². The zero-order valence-electron chi connectivity index (χ0n) is 15.6. The Bertz CT molecular complexity index is 879. The molecule has 0 fully saturated rings. The molecular weight excluding hydrogens is 381 g/mol. The number of para-hydroxylation sites is 1. The van der Waals surface area contributed by atoms with E-state index >= 15 is 0 Å². The zero-order valence-corrected chi connectivity index (χ0v) is 16.4. The van der Waals surface area contributed by atoms with Crippen LogP contribution in [-0.4, -0.2) is 30.4 Å². The lowest BCUT2D eigenvalue weighted by molar-refractivity contribution is -0.139. The van der Waals surface area contributed by atoms with E-state index in [1.54, 1.807) is 12.3 Å². The van der Waals surface area contributed by atoms with Crippen LogP contribution in [0.5, 0.6) is 5.75 Å². The molecule has 28 heavy (non-hydrogen) atoms. The average molecular weight is 401 g/mol. The summed E-state index contributed by atoms with van der Waals surface area (Å²) < 4.78 is 23.6. The molecule has 0 spiro atoms. The number of hydrogen-bond acceptors (Lipinski definition) is 7. The van der Waals surface area contributed by atoms with Gasteiger partial charge in [-0.25, -0.2) is 9.78 Å². The first-order valence-electron chi connectivity index (χ1n) is 8.43. The highest BCUT2D eigenvalue weighted by Gasteiger charge is 2.17. The van der Waals surface area contributed by atoms with E-state index in [9.17, 15) is 14.4 Å². The monoisotopic (exact) mass is 401 g/mol. The summed E-state index contributed by atoms with van der Waals surface area (Å²) in [7, 11) is 0. The van der Waals surface area contributed by atoms with Crippen LogP contribution in [0.25, 0.3) is 0 Å². The number of halogens is 1. The van der Waals surface area contributed by atoms with Crippen molar-refractivity contribution in [2.24, 2.45) is 0 Å². The lowest BCUT2D eigenvalue weighted by atomic mass is 10.2. The summed E-state index contributed by atoms with van der Waals surface area (Å²) in [6, 6.07) is 12.2. The fourth-order valence-corrected chi connectivity index (χ4v) is 2.77. The number of pyridine rings is 1. The van der Waals surface area contributed by atoms with Gasteiger partial charge in [0, 0.05) is 12.7 Å². The summed E-state index contributed by atoms with van der Waals surface area (Å²) in [5.74, 6) is -0.586. The second-order valence-corrected chi connectivity index (χ2v) is 6.43. The number of rotatable bonds is 9. The predicted octanol–water partition coefficient (Wildman–Crippen LogP) is 3.34. The van der Waals surface area contributed by atoms with Gasteiger partial charge in [-0.15, -0.1) is 11.8 Å². The normalized spacial score (nSPS) is 11.2. The van der Waals surface area contributed by atoms with E-state index < -0.39 is 11.9 Å². The summed E-state index contributed by atoms with van der Waals surface area (Å²) in [6.07, 6.45) is 3.12. The molecule has 0 aliphatic rings. The minimum atomic E-state index is -0.732. The Morgan fingerprint density at radius 2 is 2.07 bits per heavy atom. The van der Waals surface area contributed by atoms with Crippen LogP contribution < -0.4 is 10.1 Å². The molecule has 6 nitrogen and oxygen atoms in total. The molecule has 146 valence electrons. The van der Waals surface area contributed by atoms with Crippen molar-refractivity contribution in [1.82, 2.24) is 10.3 Å². The van der Waals surface area contributed by atoms with Crippen molar-refractivity contribution in [3.8, 4) is 11.8 Å². The number of carbonyl (C=O) groups is 1. The number of carbonyl (C=O) groups excluding carboxylic acids is 1. The van der Waals surface area contributed by atoms with E-state index in [0.29, 0.717) is 16.3 Å².